The molecule has 4 atom stereocenters. The van der Waals surface area contributed by atoms with Crippen LogP contribution in [0.15, 0.2) is 42.0 Å². The zero-order valence-corrected chi connectivity index (χ0v) is 19.8. The van der Waals surface area contributed by atoms with Gasteiger partial charge in [-0.3, -0.25) is 0 Å². The van der Waals surface area contributed by atoms with E-state index in [-0.39, 0.29) is 11.6 Å². The van der Waals surface area contributed by atoms with E-state index >= 15 is 0 Å². The quantitative estimate of drug-likeness (QED) is 0.473. The molecular formula is C24H39NOSe. The molecule has 0 amide bonds. The molecule has 0 heterocycles. The zero-order chi connectivity index (χ0) is 20.0. The fourth-order valence-corrected chi connectivity index (χ4v) is 6.59. The van der Waals surface area contributed by atoms with Crippen molar-refractivity contribution in [2.45, 2.75) is 83.8 Å². The van der Waals surface area contributed by atoms with Crippen LogP contribution in [0.25, 0.3) is 0 Å². The van der Waals surface area contributed by atoms with Gasteiger partial charge >= 0.3 is 174 Å². The zero-order valence-electron chi connectivity index (χ0n) is 18.1. The topological polar surface area (TPSA) is 23.5 Å². The van der Waals surface area contributed by atoms with Crippen molar-refractivity contribution in [3.05, 3.63) is 42.0 Å². The monoisotopic (exact) mass is 437 g/mol. The molecule has 1 N–H and O–H groups in total. The Bertz CT molecular complexity index is 594. The minimum atomic E-state index is -0.176. The molecule has 0 spiro atoms. The van der Waals surface area contributed by atoms with E-state index in [1.165, 1.54) is 21.8 Å². The van der Waals surface area contributed by atoms with E-state index in [9.17, 15) is 5.11 Å². The third-order valence-electron chi connectivity index (χ3n) is 6.14. The first-order valence-corrected chi connectivity index (χ1v) is 12.6. The van der Waals surface area contributed by atoms with Gasteiger partial charge in [0, 0.05) is 0 Å². The van der Waals surface area contributed by atoms with Gasteiger partial charge in [-0.2, -0.15) is 0 Å². The third-order valence-corrected chi connectivity index (χ3v) is 8.22. The molecule has 1 aromatic carbocycles. The Hall–Kier alpha value is -0.601. The number of rotatable bonds is 8. The van der Waals surface area contributed by atoms with Gasteiger partial charge in [-0.15, -0.1) is 0 Å². The second-order valence-corrected chi connectivity index (χ2v) is 11.5. The van der Waals surface area contributed by atoms with Crippen LogP contribution in [0.1, 0.15) is 60.8 Å². The molecule has 0 saturated heterocycles. The Balaban J connectivity index is 2.13. The van der Waals surface area contributed by atoms with Gasteiger partial charge in [0.15, 0.2) is 0 Å². The summed E-state index contributed by atoms with van der Waals surface area (Å²) in [6.07, 6.45) is 5.54. The summed E-state index contributed by atoms with van der Waals surface area (Å²) in [4.78, 5) is 2.66. The maximum absolute atomic E-state index is 10.9. The second kappa shape index (κ2) is 10.3. The molecule has 0 unspecified atom stereocenters. The van der Waals surface area contributed by atoms with Crippen molar-refractivity contribution in [1.82, 2.24) is 4.90 Å². The molecule has 1 aromatic rings. The van der Waals surface area contributed by atoms with E-state index in [2.05, 4.69) is 82.9 Å². The fourth-order valence-electron chi connectivity index (χ4n) is 4.76. The maximum atomic E-state index is 10.9. The van der Waals surface area contributed by atoms with Gasteiger partial charge in [-0.05, 0) is 0 Å². The van der Waals surface area contributed by atoms with Gasteiger partial charge in [-0.25, -0.2) is 0 Å². The van der Waals surface area contributed by atoms with Crippen molar-refractivity contribution in [3.8, 4) is 0 Å². The van der Waals surface area contributed by atoms with Gasteiger partial charge in [0.1, 0.15) is 0 Å². The number of aliphatic hydroxyl groups excluding tert-OH is 1. The summed E-state index contributed by atoms with van der Waals surface area (Å²) in [6.45, 7) is 14.8. The van der Waals surface area contributed by atoms with E-state index in [0.29, 0.717) is 32.8 Å². The average Bonchev–Trinajstić information content (AvgIpc) is 2.58. The molecule has 3 heteroatoms. The Morgan fingerprint density at radius 3 is 2.52 bits per heavy atom. The summed E-state index contributed by atoms with van der Waals surface area (Å²) >= 11 is 0.500. The molecule has 0 bridgehead atoms. The van der Waals surface area contributed by atoms with Crippen LogP contribution >= 0.6 is 0 Å². The molecule has 2 nitrogen and oxygen atoms in total. The summed E-state index contributed by atoms with van der Waals surface area (Å²) in [5.41, 5.74) is 1.37. The SMILES string of the molecule is CC(C)=C[C@H](C)N(CC[Se]c1ccccc1)C(C)(C)[C@@H]1CC[C@@H](C)C[C@H]1O. The summed E-state index contributed by atoms with van der Waals surface area (Å²) in [6, 6.07) is 11.3. The Labute approximate surface area is 173 Å². The van der Waals surface area contributed by atoms with Gasteiger partial charge in [0.2, 0.25) is 0 Å². The number of allylic oxidation sites excluding steroid dienone is 1. The average molecular weight is 437 g/mol. The van der Waals surface area contributed by atoms with Gasteiger partial charge in [0.25, 0.3) is 0 Å². The van der Waals surface area contributed by atoms with Crippen LogP contribution in [-0.2, 0) is 0 Å². The van der Waals surface area contributed by atoms with E-state index in [1.54, 1.807) is 0 Å². The number of nitrogens with zero attached hydrogens (tertiary/aromatic N) is 1. The van der Waals surface area contributed by atoms with Crippen molar-refractivity contribution < 1.29 is 5.11 Å². The van der Waals surface area contributed by atoms with Gasteiger partial charge in [0.05, 0.1) is 0 Å². The number of aliphatic hydroxyl groups is 1. The predicted octanol–water partition coefficient (Wildman–Crippen LogP) is 4.67. The van der Waals surface area contributed by atoms with Crippen molar-refractivity contribution in [2.24, 2.45) is 11.8 Å². The second-order valence-electron chi connectivity index (χ2n) is 9.09. The summed E-state index contributed by atoms with van der Waals surface area (Å²) in [5, 5.41) is 12.1. The minimum absolute atomic E-state index is 0.00229. The van der Waals surface area contributed by atoms with Crippen molar-refractivity contribution in [3.63, 3.8) is 0 Å². The summed E-state index contributed by atoms with van der Waals surface area (Å²) in [7, 11) is 0. The first kappa shape index (κ1) is 22.7. The molecule has 27 heavy (non-hydrogen) atoms. The molecule has 1 fully saturated rings. The van der Waals surface area contributed by atoms with E-state index in [0.717, 1.165) is 19.4 Å². The Kier molecular flexibility index (Phi) is 8.62. The standard InChI is InChI=1S/C24H39NOSe/c1-18(2)16-20(4)25(14-15-27-21-10-8-7-9-11-21)24(5,6)22-13-12-19(3)17-23(22)26/h7-11,16,19-20,22-23,26H,12-15,17H2,1-6H3/t19-,20+,22-,23-/m1/s1. The van der Waals surface area contributed by atoms with E-state index < -0.39 is 0 Å². The van der Waals surface area contributed by atoms with Gasteiger partial charge in [-0.1, -0.05) is 0 Å². The number of hydrogen-bond donors (Lipinski definition) is 1. The molecule has 2 rings (SSSR count). The fraction of sp³-hybridized carbons (Fsp3) is 0.667. The van der Waals surface area contributed by atoms with Crippen molar-refractivity contribution >= 4 is 19.4 Å². The number of hydrogen-bond acceptors (Lipinski definition) is 2. The van der Waals surface area contributed by atoms with Crippen LogP contribution < -0.4 is 4.46 Å². The van der Waals surface area contributed by atoms with Crippen LogP contribution in [-0.4, -0.2) is 49.2 Å². The Morgan fingerprint density at radius 1 is 1.26 bits per heavy atom. The van der Waals surface area contributed by atoms with Crippen LogP contribution in [0.2, 0.25) is 5.32 Å². The van der Waals surface area contributed by atoms with Crippen molar-refractivity contribution in [2.75, 3.05) is 6.54 Å². The first-order chi connectivity index (χ1) is 12.7. The van der Waals surface area contributed by atoms with Crippen LogP contribution in [0.5, 0.6) is 0 Å². The number of benzene rings is 1. The van der Waals surface area contributed by atoms with E-state index in [4.69, 9.17) is 0 Å². The molecular weight excluding hydrogens is 397 g/mol. The molecule has 0 radical (unpaired) electrons. The third kappa shape index (κ3) is 6.46. The van der Waals surface area contributed by atoms with Crippen molar-refractivity contribution in [1.29, 1.82) is 0 Å². The van der Waals surface area contributed by atoms with Crippen LogP contribution in [0, 0.1) is 11.8 Å². The molecule has 0 aliphatic heterocycles. The van der Waals surface area contributed by atoms with Crippen LogP contribution in [0.4, 0.5) is 0 Å². The summed E-state index contributed by atoms with van der Waals surface area (Å²) in [5.74, 6) is 1.00. The molecule has 1 aliphatic rings. The molecule has 152 valence electrons. The Morgan fingerprint density at radius 2 is 1.93 bits per heavy atom. The summed E-state index contributed by atoms with van der Waals surface area (Å²) < 4.78 is 1.48. The normalized spacial score (nSPS) is 24.7. The predicted molar refractivity (Wildman–Crippen MR) is 119 cm³/mol. The molecule has 1 saturated carbocycles. The molecule has 1 aliphatic carbocycles. The van der Waals surface area contributed by atoms with Crippen LogP contribution in [0.3, 0.4) is 0 Å². The first-order valence-electron chi connectivity index (χ1n) is 10.5. The van der Waals surface area contributed by atoms with E-state index in [1.807, 2.05) is 0 Å². The van der Waals surface area contributed by atoms with Gasteiger partial charge < -0.3 is 0 Å². The molecule has 0 aromatic heterocycles.